The Labute approximate surface area is 99.7 Å². The minimum absolute atomic E-state index is 0.00694. The number of nitrogens with two attached hydrogens (primary N) is 1. The van der Waals surface area contributed by atoms with Crippen LogP contribution in [0.4, 0.5) is 0 Å². The lowest BCUT2D eigenvalue weighted by Crippen LogP contribution is -2.07. The van der Waals surface area contributed by atoms with Gasteiger partial charge < -0.3 is 10.5 Å². The Morgan fingerprint density at radius 3 is 2.47 bits per heavy atom. The minimum atomic E-state index is -3.62. The highest BCUT2D eigenvalue weighted by Crippen LogP contribution is 2.18. The van der Waals surface area contributed by atoms with Crippen LogP contribution in [0.1, 0.15) is 5.56 Å². The molecule has 5 nitrogen and oxygen atoms in total. The predicted molar refractivity (Wildman–Crippen MR) is 65.3 cm³/mol. The highest BCUT2D eigenvalue weighted by molar-refractivity contribution is 7.94. The topological polar surface area (TPSA) is 81.8 Å². The normalized spacial score (nSPS) is 17.5. The standard InChI is InChI=1S/C11H12N2O3S/c1-8-2-4-9(5-3-8)16-7-10-6-11(12)13-17(10,14)15/h2-6H,7H2,1H3,(H2,12,13). The van der Waals surface area contributed by atoms with Crippen molar-refractivity contribution in [3.8, 4) is 5.75 Å². The molecular weight excluding hydrogens is 240 g/mol. The maximum Gasteiger partial charge on any atom is 0.283 e. The van der Waals surface area contributed by atoms with Crippen LogP contribution in [-0.4, -0.2) is 20.9 Å². The summed E-state index contributed by atoms with van der Waals surface area (Å²) in [7, 11) is -3.62. The van der Waals surface area contributed by atoms with Crippen LogP contribution in [0.3, 0.4) is 0 Å². The monoisotopic (exact) mass is 252 g/mol. The van der Waals surface area contributed by atoms with Crippen molar-refractivity contribution in [1.29, 1.82) is 0 Å². The van der Waals surface area contributed by atoms with Crippen molar-refractivity contribution < 1.29 is 13.2 Å². The van der Waals surface area contributed by atoms with E-state index in [2.05, 4.69) is 4.40 Å². The van der Waals surface area contributed by atoms with Gasteiger partial charge in [0.2, 0.25) is 0 Å². The molecule has 0 saturated heterocycles. The molecule has 1 aliphatic rings. The molecule has 6 heteroatoms. The van der Waals surface area contributed by atoms with Crippen LogP contribution in [0.25, 0.3) is 0 Å². The Hall–Kier alpha value is -1.82. The van der Waals surface area contributed by atoms with Crippen molar-refractivity contribution in [2.24, 2.45) is 10.1 Å². The van der Waals surface area contributed by atoms with Crippen LogP contribution in [-0.2, 0) is 10.0 Å². The van der Waals surface area contributed by atoms with Gasteiger partial charge >= 0.3 is 0 Å². The van der Waals surface area contributed by atoms with E-state index >= 15 is 0 Å². The van der Waals surface area contributed by atoms with Gasteiger partial charge in [0, 0.05) is 6.08 Å². The summed E-state index contributed by atoms with van der Waals surface area (Å²) >= 11 is 0. The molecule has 0 amide bonds. The number of aryl methyl sites for hydroxylation is 1. The summed E-state index contributed by atoms with van der Waals surface area (Å²) in [4.78, 5) is 0.0792. The maximum atomic E-state index is 11.4. The van der Waals surface area contributed by atoms with E-state index in [9.17, 15) is 8.42 Å². The molecule has 0 bridgehead atoms. The SMILES string of the molecule is Cc1ccc(OCC2=CC(N)=NS2(=O)=O)cc1. The summed E-state index contributed by atoms with van der Waals surface area (Å²) in [5.74, 6) is 0.602. The third-order valence-electron chi connectivity index (χ3n) is 2.27. The van der Waals surface area contributed by atoms with Gasteiger partial charge in [-0.3, -0.25) is 0 Å². The van der Waals surface area contributed by atoms with Gasteiger partial charge in [0.1, 0.15) is 23.1 Å². The average Bonchev–Trinajstić information content (AvgIpc) is 2.51. The lowest BCUT2D eigenvalue weighted by atomic mass is 10.2. The molecule has 1 heterocycles. The molecule has 1 aromatic rings. The third kappa shape index (κ3) is 2.65. The van der Waals surface area contributed by atoms with E-state index in [1.165, 1.54) is 6.08 Å². The number of benzene rings is 1. The van der Waals surface area contributed by atoms with E-state index in [4.69, 9.17) is 10.5 Å². The number of hydrogen-bond donors (Lipinski definition) is 1. The molecule has 90 valence electrons. The molecule has 17 heavy (non-hydrogen) atoms. The van der Waals surface area contributed by atoms with E-state index in [-0.39, 0.29) is 17.3 Å². The lowest BCUT2D eigenvalue weighted by Gasteiger charge is -2.06. The quantitative estimate of drug-likeness (QED) is 0.868. The molecule has 0 radical (unpaired) electrons. The van der Waals surface area contributed by atoms with Crippen LogP contribution in [0, 0.1) is 6.92 Å². The van der Waals surface area contributed by atoms with Crippen LogP contribution in [0.15, 0.2) is 39.6 Å². The van der Waals surface area contributed by atoms with Gasteiger partial charge in [-0.05, 0) is 19.1 Å². The number of sulfonamides is 1. The third-order valence-corrected chi connectivity index (χ3v) is 3.62. The van der Waals surface area contributed by atoms with Gasteiger partial charge in [0.15, 0.2) is 0 Å². The first-order valence-corrected chi connectivity index (χ1v) is 6.42. The van der Waals surface area contributed by atoms with Gasteiger partial charge in [0.25, 0.3) is 10.0 Å². The number of rotatable bonds is 3. The van der Waals surface area contributed by atoms with Gasteiger partial charge in [-0.1, -0.05) is 17.7 Å². The fourth-order valence-corrected chi connectivity index (χ4v) is 2.29. The molecule has 0 aromatic heterocycles. The number of nitrogens with zero attached hydrogens (tertiary/aromatic N) is 1. The van der Waals surface area contributed by atoms with Gasteiger partial charge in [0.05, 0.1) is 0 Å². The zero-order chi connectivity index (χ0) is 12.5. The van der Waals surface area contributed by atoms with Gasteiger partial charge in [-0.2, -0.15) is 8.42 Å². The van der Waals surface area contributed by atoms with Gasteiger partial charge in [-0.25, -0.2) is 0 Å². The molecular formula is C11H12N2O3S. The number of hydrogen-bond acceptors (Lipinski definition) is 4. The zero-order valence-electron chi connectivity index (χ0n) is 9.25. The van der Waals surface area contributed by atoms with Gasteiger partial charge in [-0.15, -0.1) is 4.40 Å². The Morgan fingerprint density at radius 1 is 1.29 bits per heavy atom. The van der Waals surface area contributed by atoms with Crippen molar-refractivity contribution in [1.82, 2.24) is 0 Å². The summed E-state index contributed by atoms with van der Waals surface area (Å²) in [6.45, 7) is 1.90. The largest absolute Gasteiger partial charge is 0.488 e. The highest BCUT2D eigenvalue weighted by Gasteiger charge is 2.23. The zero-order valence-corrected chi connectivity index (χ0v) is 10.1. The van der Waals surface area contributed by atoms with Crippen LogP contribution >= 0.6 is 0 Å². The Balaban J connectivity index is 2.05. The number of amidine groups is 1. The summed E-state index contributed by atoms with van der Waals surface area (Å²) in [5, 5.41) is 0. The Kier molecular flexibility index (Phi) is 2.89. The second kappa shape index (κ2) is 4.21. The van der Waals surface area contributed by atoms with Crippen molar-refractivity contribution in [2.45, 2.75) is 6.92 Å². The smallest absolute Gasteiger partial charge is 0.283 e. The molecule has 0 aliphatic carbocycles. The van der Waals surface area contributed by atoms with Crippen molar-refractivity contribution >= 4 is 15.9 Å². The van der Waals surface area contributed by atoms with Crippen LogP contribution < -0.4 is 10.5 Å². The summed E-state index contributed by atoms with van der Waals surface area (Å²) in [5.41, 5.74) is 6.44. The molecule has 0 unspecified atom stereocenters. The second-order valence-electron chi connectivity index (χ2n) is 3.70. The van der Waals surface area contributed by atoms with E-state index in [0.29, 0.717) is 5.75 Å². The predicted octanol–water partition coefficient (Wildman–Crippen LogP) is 0.958. The maximum absolute atomic E-state index is 11.4. The molecule has 2 rings (SSSR count). The van der Waals surface area contributed by atoms with E-state index in [0.717, 1.165) is 5.56 Å². The molecule has 0 saturated carbocycles. The van der Waals surface area contributed by atoms with Crippen molar-refractivity contribution in [3.05, 3.63) is 40.8 Å². The minimum Gasteiger partial charge on any atom is -0.488 e. The highest BCUT2D eigenvalue weighted by atomic mass is 32.2. The Morgan fingerprint density at radius 2 is 1.94 bits per heavy atom. The van der Waals surface area contributed by atoms with E-state index in [1.54, 1.807) is 12.1 Å². The summed E-state index contributed by atoms with van der Waals surface area (Å²) in [6.07, 6.45) is 1.31. The lowest BCUT2D eigenvalue weighted by molar-refractivity contribution is 0.358. The fourth-order valence-electron chi connectivity index (χ4n) is 1.37. The van der Waals surface area contributed by atoms with Crippen molar-refractivity contribution in [2.75, 3.05) is 6.61 Å². The molecule has 2 N–H and O–H groups in total. The van der Waals surface area contributed by atoms with Crippen LogP contribution in [0.2, 0.25) is 0 Å². The van der Waals surface area contributed by atoms with E-state index < -0.39 is 10.0 Å². The second-order valence-corrected chi connectivity index (χ2v) is 5.36. The molecule has 0 spiro atoms. The molecule has 0 atom stereocenters. The summed E-state index contributed by atoms with van der Waals surface area (Å²) < 4.78 is 31.5. The Bertz CT molecular complexity index is 586. The van der Waals surface area contributed by atoms with E-state index in [1.807, 2.05) is 19.1 Å². The molecule has 0 fully saturated rings. The first-order chi connectivity index (χ1) is 7.97. The summed E-state index contributed by atoms with van der Waals surface area (Å²) in [6, 6.07) is 7.33. The number of ether oxygens (including phenoxy) is 1. The molecule has 1 aromatic carbocycles. The first kappa shape index (κ1) is 11.7. The van der Waals surface area contributed by atoms with Crippen LogP contribution in [0.5, 0.6) is 5.75 Å². The first-order valence-electron chi connectivity index (χ1n) is 4.98. The fraction of sp³-hybridized carbons (Fsp3) is 0.182. The average molecular weight is 252 g/mol. The van der Waals surface area contributed by atoms with Crippen molar-refractivity contribution in [3.63, 3.8) is 0 Å². The molecule has 1 aliphatic heterocycles.